The number of carbonyl (C=O) groups excluding carboxylic acids is 1. The largest absolute Gasteiger partial charge is 0.490 e. The van der Waals surface area contributed by atoms with Crippen LogP contribution in [0.4, 0.5) is 43.5 Å². The average molecular weight is 639 g/mol. The summed E-state index contributed by atoms with van der Waals surface area (Å²) in [5.74, 6) is 0.781. The number of nitro benzene ring substituents is 1. The maximum absolute atomic E-state index is 13.3. The fourth-order valence-electron chi connectivity index (χ4n) is 5.40. The number of anilines is 2. The minimum absolute atomic E-state index is 0.0614. The summed E-state index contributed by atoms with van der Waals surface area (Å²) in [5, 5.41) is 14.1. The quantitative estimate of drug-likeness (QED) is 0.185. The fourth-order valence-corrected chi connectivity index (χ4v) is 5.40. The Morgan fingerprint density at radius 1 is 0.911 bits per heavy atom. The first-order chi connectivity index (χ1) is 21.3. The van der Waals surface area contributed by atoms with Crippen LogP contribution in [0, 0.1) is 10.1 Å². The lowest BCUT2D eigenvalue weighted by Crippen LogP contribution is -2.49. The molecule has 2 aromatic heterocycles. The molecule has 0 bridgehead atoms. The van der Waals surface area contributed by atoms with Crippen molar-refractivity contribution in [2.75, 3.05) is 36.4 Å². The van der Waals surface area contributed by atoms with Gasteiger partial charge in [0.2, 0.25) is 0 Å². The normalized spacial score (nSPS) is 19.2. The summed E-state index contributed by atoms with van der Waals surface area (Å²) < 4.78 is 84.5. The van der Waals surface area contributed by atoms with Gasteiger partial charge < -0.3 is 19.9 Å². The van der Waals surface area contributed by atoms with Gasteiger partial charge in [-0.05, 0) is 56.0 Å². The van der Waals surface area contributed by atoms with E-state index in [0.29, 0.717) is 69.6 Å². The first-order valence-electron chi connectivity index (χ1n) is 14.1. The molecule has 3 aromatic rings. The first-order valence-corrected chi connectivity index (χ1v) is 14.1. The maximum atomic E-state index is 13.3. The summed E-state index contributed by atoms with van der Waals surface area (Å²) in [6.45, 7) is 1.53. The number of nitrogens with one attached hydrogen (secondary N) is 1. The van der Waals surface area contributed by atoms with Crippen LogP contribution in [0.25, 0.3) is 0 Å². The molecule has 16 heteroatoms. The molecule has 1 N–H and O–H groups in total. The molecule has 0 spiro atoms. The molecule has 1 aliphatic carbocycles. The van der Waals surface area contributed by atoms with Gasteiger partial charge >= 0.3 is 12.4 Å². The third-order valence-electron chi connectivity index (χ3n) is 7.76. The van der Waals surface area contributed by atoms with E-state index in [2.05, 4.69) is 15.3 Å². The zero-order valence-electron chi connectivity index (χ0n) is 23.6. The van der Waals surface area contributed by atoms with Gasteiger partial charge in [-0.2, -0.15) is 26.3 Å². The van der Waals surface area contributed by atoms with E-state index >= 15 is 0 Å². The number of piperazine rings is 1. The molecule has 1 saturated carbocycles. The number of pyridine rings is 2. The average Bonchev–Trinajstić information content (AvgIpc) is 3.01. The Bertz CT molecular complexity index is 1520. The van der Waals surface area contributed by atoms with E-state index < -0.39 is 40.0 Å². The van der Waals surface area contributed by atoms with Gasteiger partial charge in [-0.3, -0.25) is 19.9 Å². The third kappa shape index (κ3) is 7.72. The Balaban J connectivity index is 1.11. The van der Waals surface area contributed by atoms with Crippen LogP contribution >= 0.6 is 0 Å². The van der Waals surface area contributed by atoms with Crippen molar-refractivity contribution >= 4 is 23.1 Å². The second kappa shape index (κ2) is 12.8. The number of nitro groups is 1. The number of nitrogens with zero attached hydrogens (tertiary/aromatic N) is 5. The molecular weight excluding hydrogens is 610 g/mol. The predicted molar refractivity (Wildman–Crippen MR) is 150 cm³/mol. The van der Waals surface area contributed by atoms with Crippen LogP contribution in [0.5, 0.6) is 5.75 Å². The first kappa shape index (κ1) is 31.8. The van der Waals surface area contributed by atoms with Gasteiger partial charge in [-0.1, -0.05) is 0 Å². The number of benzene rings is 1. The van der Waals surface area contributed by atoms with E-state index in [1.165, 1.54) is 11.0 Å². The predicted octanol–water partition coefficient (Wildman–Crippen LogP) is 6.19. The second-order valence-electron chi connectivity index (χ2n) is 10.8. The summed E-state index contributed by atoms with van der Waals surface area (Å²) in [4.78, 5) is 34.3. The Morgan fingerprint density at radius 3 is 2.22 bits per heavy atom. The SMILES string of the molecule is O=C(c1ccc(C(F)(F)F)cn1)N1CCN(c2cc(O[C@H]3CC[C@H](Nc4ccc([N+](=O)[O-])c(C(F)(F)F)c4)CC3)ccn2)CC1. The minimum atomic E-state index is -4.85. The molecule has 3 heterocycles. The second-order valence-corrected chi connectivity index (χ2v) is 10.8. The number of aromatic nitrogens is 2. The van der Waals surface area contributed by atoms with Crippen molar-refractivity contribution in [2.24, 2.45) is 0 Å². The van der Waals surface area contributed by atoms with Gasteiger partial charge in [-0.15, -0.1) is 0 Å². The highest BCUT2D eigenvalue weighted by Crippen LogP contribution is 2.38. The lowest BCUT2D eigenvalue weighted by Gasteiger charge is -2.35. The molecule has 2 aliphatic rings. The minimum Gasteiger partial charge on any atom is -0.490 e. The van der Waals surface area contributed by atoms with Crippen molar-refractivity contribution in [3.05, 3.63) is 81.8 Å². The van der Waals surface area contributed by atoms with Crippen molar-refractivity contribution < 1.29 is 40.8 Å². The molecule has 1 saturated heterocycles. The lowest BCUT2D eigenvalue weighted by atomic mass is 9.92. The molecule has 0 radical (unpaired) electrons. The molecule has 240 valence electrons. The molecule has 1 amide bonds. The van der Waals surface area contributed by atoms with Gasteiger partial charge in [0.15, 0.2) is 0 Å². The van der Waals surface area contributed by atoms with Gasteiger partial charge in [0, 0.05) is 62.4 Å². The van der Waals surface area contributed by atoms with E-state index in [9.17, 15) is 41.3 Å². The van der Waals surface area contributed by atoms with Crippen LogP contribution in [-0.2, 0) is 12.4 Å². The van der Waals surface area contributed by atoms with E-state index in [4.69, 9.17) is 4.74 Å². The topological polar surface area (TPSA) is 114 Å². The number of alkyl halides is 6. The number of amides is 1. The smallest absolute Gasteiger partial charge is 0.423 e. The van der Waals surface area contributed by atoms with Crippen molar-refractivity contribution in [3.63, 3.8) is 0 Å². The van der Waals surface area contributed by atoms with Crippen LogP contribution in [0.3, 0.4) is 0 Å². The Kier molecular flexibility index (Phi) is 9.02. The maximum Gasteiger partial charge on any atom is 0.423 e. The molecule has 1 aromatic carbocycles. The highest BCUT2D eigenvalue weighted by Gasteiger charge is 2.39. The van der Waals surface area contributed by atoms with E-state index in [-0.39, 0.29) is 23.5 Å². The summed E-state index contributed by atoms with van der Waals surface area (Å²) in [6, 6.07) is 8.18. The Hall–Kier alpha value is -4.63. The molecule has 2 fully saturated rings. The number of halogens is 6. The molecule has 0 atom stereocenters. The van der Waals surface area contributed by atoms with E-state index in [1.54, 1.807) is 18.3 Å². The van der Waals surface area contributed by atoms with E-state index in [1.807, 2.05) is 4.90 Å². The molecule has 10 nitrogen and oxygen atoms in total. The fraction of sp³-hybridized carbons (Fsp3) is 0.414. The van der Waals surface area contributed by atoms with Gasteiger partial charge in [0.25, 0.3) is 11.6 Å². The van der Waals surface area contributed by atoms with Crippen molar-refractivity contribution in [1.29, 1.82) is 0 Å². The summed E-state index contributed by atoms with van der Waals surface area (Å²) in [6.07, 6.45) is -4.77. The van der Waals surface area contributed by atoms with Crippen LogP contribution in [0.15, 0.2) is 54.9 Å². The highest BCUT2D eigenvalue weighted by molar-refractivity contribution is 5.92. The molecule has 1 aliphatic heterocycles. The molecule has 45 heavy (non-hydrogen) atoms. The number of hydrogen-bond acceptors (Lipinski definition) is 8. The Morgan fingerprint density at radius 2 is 1.62 bits per heavy atom. The molecular formula is C29H28F6N6O4. The van der Waals surface area contributed by atoms with Gasteiger partial charge in [0.05, 0.1) is 16.6 Å². The van der Waals surface area contributed by atoms with Crippen LogP contribution in [0.2, 0.25) is 0 Å². The van der Waals surface area contributed by atoms with Crippen molar-refractivity contribution in [3.8, 4) is 5.75 Å². The molecule has 5 rings (SSSR count). The standard InChI is InChI=1S/C29H28F6N6O4/c30-28(31,32)18-1-7-24(37-17-18)27(42)40-13-11-39(12-14-40)26-16-22(9-10-36-26)45-21-5-2-19(3-6-21)38-20-4-8-25(41(43)44)23(15-20)29(33,34)35/h1,4,7-10,15-17,19,21,38H,2-3,5-6,11-14H2/t19-,21-. The number of hydrogen-bond donors (Lipinski definition) is 1. The van der Waals surface area contributed by atoms with Crippen LogP contribution in [0.1, 0.15) is 47.3 Å². The summed E-state index contributed by atoms with van der Waals surface area (Å²) in [5.41, 5.74) is -3.12. The van der Waals surface area contributed by atoms with Crippen molar-refractivity contribution in [1.82, 2.24) is 14.9 Å². The third-order valence-corrected chi connectivity index (χ3v) is 7.76. The van der Waals surface area contributed by atoms with Crippen molar-refractivity contribution in [2.45, 2.75) is 50.2 Å². The van der Waals surface area contributed by atoms with Crippen LogP contribution < -0.4 is 15.0 Å². The highest BCUT2D eigenvalue weighted by atomic mass is 19.4. The number of ether oxygens (including phenoxy) is 1. The zero-order chi connectivity index (χ0) is 32.4. The van der Waals surface area contributed by atoms with Gasteiger partial charge in [0.1, 0.15) is 22.8 Å². The van der Waals surface area contributed by atoms with E-state index in [0.717, 1.165) is 24.3 Å². The monoisotopic (exact) mass is 638 g/mol. The van der Waals surface area contributed by atoms with Gasteiger partial charge in [-0.25, -0.2) is 4.98 Å². The Labute approximate surface area is 253 Å². The summed E-state index contributed by atoms with van der Waals surface area (Å²) in [7, 11) is 0. The number of rotatable bonds is 7. The van der Waals surface area contributed by atoms with Crippen LogP contribution in [-0.4, -0.2) is 64.0 Å². The lowest BCUT2D eigenvalue weighted by molar-refractivity contribution is -0.388. The zero-order valence-corrected chi connectivity index (χ0v) is 23.6. The number of carbonyl (C=O) groups is 1. The molecule has 0 unspecified atom stereocenters. The summed E-state index contributed by atoms with van der Waals surface area (Å²) >= 11 is 0.